The molecule has 0 saturated heterocycles. The molecule has 1 rings (SSSR count). The Balaban J connectivity index is 2.25. The molecule has 1 aliphatic carbocycles. The van der Waals surface area contributed by atoms with E-state index in [9.17, 15) is 4.79 Å². The van der Waals surface area contributed by atoms with Gasteiger partial charge in [0.25, 0.3) is 0 Å². The summed E-state index contributed by atoms with van der Waals surface area (Å²) < 4.78 is 0. The number of carbonyl (C=O) groups is 1. The maximum atomic E-state index is 11.7. The van der Waals surface area contributed by atoms with E-state index in [-0.39, 0.29) is 5.91 Å². The van der Waals surface area contributed by atoms with Gasteiger partial charge in [-0.2, -0.15) is 0 Å². The Morgan fingerprint density at radius 2 is 2.06 bits per heavy atom. The quantitative estimate of drug-likeness (QED) is 0.681. The van der Waals surface area contributed by atoms with Gasteiger partial charge in [-0.3, -0.25) is 4.79 Å². The predicted octanol–water partition coefficient (Wildman–Crippen LogP) is 2.07. The van der Waals surface area contributed by atoms with E-state index in [1.165, 1.54) is 32.1 Å². The normalized spacial score (nSPS) is 25.4. The molecule has 3 heteroatoms. The Bertz CT molecular complexity index is 206. The Labute approximate surface area is 99.4 Å². The second-order valence-corrected chi connectivity index (χ2v) is 4.83. The van der Waals surface area contributed by atoms with Crippen molar-refractivity contribution in [2.45, 2.75) is 57.9 Å². The largest absolute Gasteiger partial charge is 0.353 e. The SMILES string of the molecule is CCC1CCCCC1NC(=O)CCCNC. The lowest BCUT2D eigenvalue weighted by Crippen LogP contribution is -2.41. The van der Waals surface area contributed by atoms with E-state index in [2.05, 4.69) is 17.6 Å². The summed E-state index contributed by atoms with van der Waals surface area (Å²) in [5, 5.41) is 6.28. The first-order chi connectivity index (χ1) is 7.77. The number of carbonyl (C=O) groups excluding carboxylic acids is 1. The van der Waals surface area contributed by atoms with Crippen LogP contribution >= 0.6 is 0 Å². The number of hydrogen-bond donors (Lipinski definition) is 2. The fourth-order valence-corrected chi connectivity index (χ4v) is 2.59. The molecule has 3 nitrogen and oxygen atoms in total. The van der Waals surface area contributed by atoms with Crippen LogP contribution in [0.5, 0.6) is 0 Å². The Kier molecular flexibility index (Phi) is 6.46. The van der Waals surface area contributed by atoms with E-state index >= 15 is 0 Å². The fourth-order valence-electron chi connectivity index (χ4n) is 2.59. The van der Waals surface area contributed by atoms with Crippen LogP contribution in [0, 0.1) is 5.92 Å². The first-order valence-electron chi connectivity index (χ1n) is 6.72. The van der Waals surface area contributed by atoms with Crippen molar-refractivity contribution in [2.75, 3.05) is 13.6 Å². The highest BCUT2D eigenvalue weighted by Gasteiger charge is 2.24. The van der Waals surface area contributed by atoms with Gasteiger partial charge in [0.15, 0.2) is 0 Å². The molecule has 0 aromatic rings. The fraction of sp³-hybridized carbons (Fsp3) is 0.923. The second kappa shape index (κ2) is 7.66. The van der Waals surface area contributed by atoms with Crippen LogP contribution in [-0.2, 0) is 4.79 Å². The highest BCUT2D eigenvalue weighted by Crippen LogP contribution is 2.26. The predicted molar refractivity (Wildman–Crippen MR) is 67.3 cm³/mol. The van der Waals surface area contributed by atoms with E-state index in [1.54, 1.807) is 0 Å². The molecule has 1 fully saturated rings. The van der Waals surface area contributed by atoms with Crippen molar-refractivity contribution in [1.82, 2.24) is 10.6 Å². The van der Waals surface area contributed by atoms with Crippen LogP contribution in [0.4, 0.5) is 0 Å². The van der Waals surface area contributed by atoms with Gasteiger partial charge in [0.1, 0.15) is 0 Å². The Morgan fingerprint density at radius 1 is 1.31 bits per heavy atom. The van der Waals surface area contributed by atoms with E-state index in [0.29, 0.717) is 18.4 Å². The zero-order valence-corrected chi connectivity index (χ0v) is 10.7. The molecule has 0 heterocycles. The summed E-state index contributed by atoms with van der Waals surface area (Å²) in [6, 6.07) is 0.445. The van der Waals surface area contributed by atoms with Gasteiger partial charge in [0.05, 0.1) is 0 Å². The van der Waals surface area contributed by atoms with Crippen LogP contribution in [0.2, 0.25) is 0 Å². The van der Waals surface area contributed by atoms with Gasteiger partial charge in [-0.15, -0.1) is 0 Å². The maximum Gasteiger partial charge on any atom is 0.220 e. The van der Waals surface area contributed by atoms with Gasteiger partial charge in [0, 0.05) is 12.5 Å². The van der Waals surface area contributed by atoms with Crippen molar-refractivity contribution in [3.63, 3.8) is 0 Å². The minimum absolute atomic E-state index is 0.237. The van der Waals surface area contributed by atoms with Crippen LogP contribution in [0.3, 0.4) is 0 Å². The molecule has 94 valence electrons. The van der Waals surface area contributed by atoms with E-state index in [0.717, 1.165) is 13.0 Å². The van der Waals surface area contributed by atoms with Crippen molar-refractivity contribution >= 4 is 5.91 Å². The van der Waals surface area contributed by atoms with E-state index < -0.39 is 0 Å². The van der Waals surface area contributed by atoms with Crippen LogP contribution in [0.25, 0.3) is 0 Å². The Hall–Kier alpha value is -0.570. The third-order valence-electron chi connectivity index (χ3n) is 3.61. The number of amides is 1. The smallest absolute Gasteiger partial charge is 0.220 e. The average molecular weight is 226 g/mol. The zero-order valence-electron chi connectivity index (χ0n) is 10.7. The molecular formula is C13H26N2O. The van der Waals surface area contributed by atoms with Gasteiger partial charge in [-0.25, -0.2) is 0 Å². The van der Waals surface area contributed by atoms with Crippen LogP contribution in [-0.4, -0.2) is 25.5 Å². The number of nitrogens with one attached hydrogen (secondary N) is 2. The van der Waals surface area contributed by atoms with Crippen molar-refractivity contribution in [3.05, 3.63) is 0 Å². The molecule has 2 atom stereocenters. The molecule has 0 radical (unpaired) electrons. The summed E-state index contributed by atoms with van der Waals surface area (Å²) in [7, 11) is 1.92. The number of hydrogen-bond acceptors (Lipinski definition) is 2. The van der Waals surface area contributed by atoms with E-state index in [1.807, 2.05) is 7.05 Å². The van der Waals surface area contributed by atoms with E-state index in [4.69, 9.17) is 0 Å². The summed E-state index contributed by atoms with van der Waals surface area (Å²) >= 11 is 0. The van der Waals surface area contributed by atoms with Crippen molar-refractivity contribution in [3.8, 4) is 0 Å². The average Bonchev–Trinajstić information content (AvgIpc) is 2.30. The lowest BCUT2D eigenvalue weighted by Gasteiger charge is -2.31. The summed E-state index contributed by atoms with van der Waals surface area (Å²) in [5.41, 5.74) is 0. The standard InChI is InChI=1S/C13H26N2O/c1-3-11-7-4-5-8-12(11)15-13(16)9-6-10-14-2/h11-12,14H,3-10H2,1-2H3,(H,15,16). The summed E-state index contributed by atoms with van der Waals surface area (Å²) in [4.78, 5) is 11.7. The van der Waals surface area contributed by atoms with Gasteiger partial charge in [-0.1, -0.05) is 26.2 Å². The Morgan fingerprint density at radius 3 is 2.75 bits per heavy atom. The lowest BCUT2D eigenvalue weighted by atomic mass is 9.83. The second-order valence-electron chi connectivity index (χ2n) is 4.83. The minimum atomic E-state index is 0.237. The first-order valence-corrected chi connectivity index (χ1v) is 6.72. The third kappa shape index (κ3) is 4.52. The molecule has 0 spiro atoms. The maximum absolute atomic E-state index is 11.7. The molecule has 0 bridgehead atoms. The summed E-state index contributed by atoms with van der Waals surface area (Å²) in [6.07, 6.45) is 7.87. The summed E-state index contributed by atoms with van der Waals surface area (Å²) in [5.74, 6) is 0.947. The van der Waals surface area contributed by atoms with Crippen LogP contribution < -0.4 is 10.6 Å². The first kappa shape index (κ1) is 13.5. The minimum Gasteiger partial charge on any atom is -0.353 e. The van der Waals surface area contributed by atoms with Gasteiger partial charge in [0.2, 0.25) is 5.91 Å². The molecule has 0 aliphatic heterocycles. The van der Waals surface area contributed by atoms with Crippen molar-refractivity contribution in [1.29, 1.82) is 0 Å². The van der Waals surface area contributed by atoms with Gasteiger partial charge < -0.3 is 10.6 Å². The third-order valence-corrected chi connectivity index (χ3v) is 3.61. The topological polar surface area (TPSA) is 41.1 Å². The van der Waals surface area contributed by atoms with Gasteiger partial charge in [-0.05, 0) is 38.8 Å². The van der Waals surface area contributed by atoms with Crippen LogP contribution in [0.15, 0.2) is 0 Å². The van der Waals surface area contributed by atoms with Crippen molar-refractivity contribution < 1.29 is 4.79 Å². The van der Waals surface area contributed by atoms with Crippen LogP contribution in [0.1, 0.15) is 51.9 Å². The van der Waals surface area contributed by atoms with Gasteiger partial charge >= 0.3 is 0 Å². The lowest BCUT2D eigenvalue weighted by molar-refractivity contribution is -0.122. The molecule has 1 aliphatic rings. The van der Waals surface area contributed by atoms with Crippen molar-refractivity contribution in [2.24, 2.45) is 5.92 Å². The number of rotatable bonds is 6. The highest BCUT2D eigenvalue weighted by molar-refractivity contribution is 5.76. The highest BCUT2D eigenvalue weighted by atomic mass is 16.1. The monoisotopic (exact) mass is 226 g/mol. The molecule has 1 saturated carbocycles. The molecule has 16 heavy (non-hydrogen) atoms. The molecule has 1 amide bonds. The molecule has 2 unspecified atom stereocenters. The summed E-state index contributed by atoms with van der Waals surface area (Å²) in [6.45, 7) is 3.16. The molecule has 0 aromatic carbocycles. The molecular weight excluding hydrogens is 200 g/mol. The molecule has 2 N–H and O–H groups in total. The zero-order chi connectivity index (χ0) is 11.8. The molecule has 0 aromatic heterocycles.